The van der Waals surface area contributed by atoms with E-state index in [4.69, 9.17) is 10.2 Å². The first kappa shape index (κ1) is 17.3. The van der Waals surface area contributed by atoms with Crippen LogP contribution >= 0.6 is 0 Å². The Labute approximate surface area is 139 Å². The number of aliphatic hydroxyl groups is 1. The van der Waals surface area contributed by atoms with Crippen molar-refractivity contribution in [3.8, 4) is 0 Å². The number of carboxylic acid groups (broad SMARTS) is 1. The van der Waals surface area contributed by atoms with Crippen LogP contribution in [0.3, 0.4) is 0 Å². The molecule has 2 aromatic carbocycles. The van der Waals surface area contributed by atoms with Gasteiger partial charge >= 0.3 is 5.97 Å². The fourth-order valence-electron chi connectivity index (χ4n) is 1.99. The summed E-state index contributed by atoms with van der Waals surface area (Å²) in [6.45, 7) is 1.20. The van der Waals surface area contributed by atoms with Gasteiger partial charge in [-0.3, -0.25) is 0 Å². The van der Waals surface area contributed by atoms with Crippen molar-refractivity contribution in [1.29, 1.82) is 0 Å². The van der Waals surface area contributed by atoms with Crippen molar-refractivity contribution in [3.63, 3.8) is 0 Å². The molecule has 1 unspecified atom stereocenters. The van der Waals surface area contributed by atoms with Crippen molar-refractivity contribution >= 4 is 27.8 Å². The van der Waals surface area contributed by atoms with Crippen molar-refractivity contribution in [1.82, 2.24) is 9.97 Å². The third kappa shape index (κ3) is 5.00. The van der Waals surface area contributed by atoms with Gasteiger partial charge in [0.2, 0.25) is 0 Å². The van der Waals surface area contributed by atoms with Crippen LogP contribution in [0.5, 0.6) is 0 Å². The molecule has 124 valence electrons. The van der Waals surface area contributed by atoms with Crippen LogP contribution < -0.4 is 0 Å². The van der Waals surface area contributed by atoms with Crippen molar-refractivity contribution in [2.75, 3.05) is 0 Å². The molecule has 0 aliphatic carbocycles. The highest BCUT2D eigenvalue weighted by Gasteiger charge is 2.01. The zero-order valence-electron chi connectivity index (χ0n) is 13.3. The summed E-state index contributed by atoms with van der Waals surface area (Å²) >= 11 is 0. The molecule has 0 bridgehead atoms. The standard InChI is InChI=1S/2C8H7N.C3H6O3/c2*1-2-4-8-7(3-1)5-6-9-8;1-2(4)3(5)6/h2*1-6,9H;2,4H,1H3,(H,5,6). The van der Waals surface area contributed by atoms with Crippen LogP contribution in [0.1, 0.15) is 6.92 Å². The molecule has 0 amide bonds. The zero-order chi connectivity index (χ0) is 17.4. The second-order valence-electron chi connectivity index (χ2n) is 5.14. The maximum atomic E-state index is 9.45. The van der Waals surface area contributed by atoms with Crippen LogP contribution in [0.4, 0.5) is 0 Å². The van der Waals surface area contributed by atoms with Crippen molar-refractivity contribution in [2.24, 2.45) is 0 Å². The van der Waals surface area contributed by atoms with E-state index in [1.807, 2.05) is 36.7 Å². The van der Waals surface area contributed by atoms with Crippen LogP contribution in [-0.4, -0.2) is 32.3 Å². The molecule has 0 aliphatic heterocycles. The maximum absolute atomic E-state index is 9.45. The Morgan fingerprint density at radius 1 is 0.833 bits per heavy atom. The molecule has 0 saturated carbocycles. The number of H-pyrrole nitrogens is 2. The number of aliphatic hydroxyl groups excluding tert-OH is 1. The Hall–Kier alpha value is -3.05. The minimum Gasteiger partial charge on any atom is -0.479 e. The molecule has 1 atom stereocenters. The molecule has 4 rings (SSSR count). The van der Waals surface area contributed by atoms with Gasteiger partial charge in [0.05, 0.1) is 0 Å². The first-order chi connectivity index (χ1) is 11.6. The molecule has 5 heteroatoms. The van der Waals surface area contributed by atoms with Crippen molar-refractivity contribution in [2.45, 2.75) is 13.0 Å². The summed E-state index contributed by atoms with van der Waals surface area (Å²) in [6, 6.07) is 20.6. The number of aliphatic carboxylic acids is 1. The average Bonchev–Trinajstić information content (AvgIpc) is 3.24. The minimum absolute atomic E-state index is 1.19. The summed E-state index contributed by atoms with van der Waals surface area (Å²) in [5, 5.41) is 18.3. The Morgan fingerprint density at radius 2 is 1.21 bits per heavy atom. The number of aromatic nitrogens is 2. The fraction of sp³-hybridized carbons (Fsp3) is 0.105. The van der Waals surface area contributed by atoms with Gasteiger partial charge in [0.15, 0.2) is 0 Å². The number of carboxylic acids is 1. The van der Waals surface area contributed by atoms with Crippen molar-refractivity contribution in [3.05, 3.63) is 73.1 Å². The first-order valence-electron chi connectivity index (χ1n) is 7.53. The fourth-order valence-corrected chi connectivity index (χ4v) is 1.99. The molecule has 24 heavy (non-hydrogen) atoms. The van der Waals surface area contributed by atoms with Crippen LogP contribution in [0.25, 0.3) is 21.8 Å². The summed E-state index contributed by atoms with van der Waals surface area (Å²) in [5.41, 5.74) is 2.41. The number of para-hydroxylation sites is 2. The molecule has 0 saturated heterocycles. The van der Waals surface area contributed by atoms with Crippen molar-refractivity contribution < 1.29 is 15.0 Å². The molecule has 0 fully saturated rings. The monoisotopic (exact) mass is 324 g/mol. The summed E-state index contributed by atoms with van der Waals surface area (Å²) in [6.07, 6.45) is 2.67. The number of hydrogen-bond donors (Lipinski definition) is 4. The summed E-state index contributed by atoms with van der Waals surface area (Å²) in [5.74, 6) is -1.19. The van der Waals surface area contributed by atoms with Crippen LogP contribution in [-0.2, 0) is 4.79 Å². The van der Waals surface area contributed by atoms with Gasteiger partial charge in [0, 0.05) is 23.4 Å². The number of benzene rings is 2. The van der Waals surface area contributed by atoms with E-state index in [9.17, 15) is 4.79 Å². The van der Waals surface area contributed by atoms with E-state index >= 15 is 0 Å². The van der Waals surface area contributed by atoms with E-state index in [-0.39, 0.29) is 0 Å². The minimum atomic E-state index is -1.23. The van der Waals surface area contributed by atoms with Gasteiger partial charge in [-0.2, -0.15) is 0 Å². The van der Waals surface area contributed by atoms with Gasteiger partial charge < -0.3 is 20.2 Å². The quantitative estimate of drug-likeness (QED) is 0.429. The lowest BCUT2D eigenvalue weighted by Crippen LogP contribution is -2.13. The highest BCUT2D eigenvalue weighted by atomic mass is 16.4. The Balaban J connectivity index is 0.000000134. The molecular weight excluding hydrogens is 304 g/mol. The van der Waals surface area contributed by atoms with Crippen LogP contribution in [0.2, 0.25) is 0 Å². The van der Waals surface area contributed by atoms with Crippen LogP contribution in [0, 0.1) is 0 Å². The molecule has 0 aliphatic rings. The van der Waals surface area contributed by atoms with E-state index in [1.165, 1.54) is 28.7 Å². The highest BCUT2D eigenvalue weighted by molar-refractivity contribution is 5.79. The molecule has 0 radical (unpaired) electrons. The molecule has 0 spiro atoms. The lowest BCUT2D eigenvalue weighted by molar-refractivity contribution is -0.145. The SMILES string of the molecule is CC(O)C(=O)O.c1ccc2[nH]ccc2c1.c1ccc2[nH]ccc2c1. The molecule has 5 nitrogen and oxygen atoms in total. The molecule has 2 heterocycles. The summed E-state index contributed by atoms with van der Waals surface area (Å²) in [7, 11) is 0. The number of carbonyl (C=O) groups is 1. The molecule has 4 aromatic rings. The summed E-state index contributed by atoms with van der Waals surface area (Å²) in [4.78, 5) is 15.7. The van der Waals surface area contributed by atoms with Gasteiger partial charge in [0.1, 0.15) is 6.10 Å². The Kier molecular flexibility index (Phi) is 6.16. The van der Waals surface area contributed by atoms with E-state index in [0.717, 1.165) is 0 Å². The third-order valence-corrected chi connectivity index (χ3v) is 3.28. The molecule has 4 N–H and O–H groups in total. The topological polar surface area (TPSA) is 89.1 Å². The normalized spacial score (nSPS) is 11.1. The number of rotatable bonds is 1. The predicted octanol–water partition coefficient (Wildman–Crippen LogP) is 3.79. The second kappa shape index (κ2) is 8.55. The van der Waals surface area contributed by atoms with Gasteiger partial charge in [-0.05, 0) is 42.0 Å². The maximum Gasteiger partial charge on any atom is 0.332 e. The van der Waals surface area contributed by atoms with Gasteiger partial charge in [-0.15, -0.1) is 0 Å². The van der Waals surface area contributed by atoms with Crippen LogP contribution in [0.15, 0.2) is 73.1 Å². The van der Waals surface area contributed by atoms with E-state index < -0.39 is 12.1 Å². The van der Waals surface area contributed by atoms with E-state index in [1.54, 1.807) is 0 Å². The predicted molar refractivity (Wildman–Crippen MR) is 95.9 cm³/mol. The smallest absolute Gasteiger partial charge is 0.332 e. The van der Waals surface area contributed by atoms with E-state index in [2.05, 4.69) is 46.4 Å². The highest BCUT2D eigenvalue weighted by Crippen LogP contribution is 2.09. The molecule has 2 aromatic heterocycles. The lowest BCUT2D eigenvalue weighted by atomic mass is 10.3. The van der Waals surface area contributed by atoms with Gasteiger partial charge in [-0.1, -0.05) is 36.4 Å². The molecular formula is C19H20N2O3. The third-order valence-electron chi connectivity index (χ3n) is 3.28. The Morgan fingerprint density at radius 3 is 1.54 bits per heavy atom. The van der Waals surface area contributed by atoms with Gasteiger partial charge in [-0.25, -0.2) is 4.79 Å². The Bertz CT molecular complexity index is 767. The number of nitrogens with one attached hydrogen (secondary N) is 2. The van der Waals surface area contributed by atoms with E-state index in [0.29, 0.717) is 0 Å². The number of aromatic amines is 2. The zero-order valence-corrected chi connectivity index (χ0v) is 13.3. The second-order valence-corrected chi connectivity index (χ2v) is 5.14. The average molecular weight is 324 g/mol. The number of hydrogen-bond acceptors (Lipinski definition) is 2. The lowest BCUT2D eigenvalue weighted by Gasteiger charge is -1.89. The largest absolute Gasteiger partial charge is 0.479 e. The number of fused-ring (bicyclic) bond motifs is 2. The first-order valence-corrected chi connectivity index (χ1v) is 7.53. The summed E-state index contributed by atoms with van der Waals surface area (Å²) < 4.78 is 0. The van der Waals surface area contributed by atoms with Gasteiger partial charge in [0.25, 0.3) is 0 Å².